The molecule has 182 valence electrons. The van der Waals surface area contributed by atoms with Crippen LogP contribution in [0.1, 0.15) is 80.5 Å². The van der Waals surface area contributed by atoms with Gasteiger partial charge in [0, 0.05) is 0 Å². The van der Waals surface area contributed by atoms with Gasteiger partial charge in [-0.3, -0.25) is 4.79 Å². The van der Waals surface area contributed by atoms with Gasteiger partial charge in [0.15, 0.2) is 0 Å². The van der Waals surface area contributed by atoms with Crippen molar-refractivity contribution < 1.29 is 9.53 Å². The van der Waals surface area contributed by atoms with Gasteiger partial charge in [-0.1, -0.05) is 106 Å². The van der Waals surface area contributed by atoms with Crippen molar-refractivity contribution in [3.8, 4) is 5.75 Å². The number of hydrogen-bond donors (Lipinski definition) is 0. The van der Waals surface area contributed by atoms with E-state index in [4.69, 9.17) is 4.74 Å². The van der Waals surface area contributed by atoms with Gasteiger partial charge < -0.3 is 4.74 Å². The molecule has 1 fully saturated rings. The van der Waals surface area contributed by atoms with E-state index in [1.54, 1.807) is 0 Å². The maximum Gasteiger partial charge on any atom is 0.314 e. The number of benzene rings is 3. The van der Waals surface area contributed by atoms with Crippen molar-refractivity contribution >= 4 is 18.1 Å². The number of ether oxygens (including phenoxy) is 1. The van der Waals surface area contributed by atoms with Gasteiger partial charge >= 0.3 is 5.97 Å². The average Bonchev–Trinajstić information content (AvgIpc) is 2.90. The molecule has 0 bridgehead atoms. The summed E-state index contributed by atoms with van der Waals surface area (Å²) in [6.07, 6.45) is 12.0. The Bertz CT molecular complexity index is 1070. The minimum atomic E-state index is -0.0649. The van der Waals surface area contributed by atoms with Crippen LogP contribution in [0.2, 0.25) is 0 Å². The summed E-state index contributed by atoms with van der Waals surface area (Å²) in [4.78, 5) is 12.6. The van der Waals surface area contributed by atoms with Crippen LogP contribution in [-0.2, 0) is 11.2 Å². The number of rotatable bonds is 9. The molecule has 0 unspecified atom stereocenters. The zero-order valence-corrected chi connectivity index (χ0v) is 21.2. The Kier molecular flexibility index (Phi) is 8.95. The Morgan fingerprint density at radius 3 is 2.06 bits per heavy atom. The molecule has 2 nitrogen and oxygen atoms in total. The van der Waals surface area contributed by atoms with Crippen molar-refractivity contribution in [1.82, 2.24) is 0 Å². The van der Waals surface area contributed by atoms with Gasteiger partial charge in [0.1, 0.15) is 5.75 Å². The fourth-order valence-corrected chi connectivity index (χ4v) is 5.15. The first kappa shape index (κ1) is 25.0. The van der Waals surface area contributed by atoms with E-state index in [2.05, 4.69) is 80.6 Å². The molecule has 1 saturated carbocycles. The molecule has 0 aliphatic heterocycles. The van der Waals surface area contributed by atoms with Crippen molar-refractivity contribution in [1.29, 1.82) is 0 Å². The third-order valence-corrected chi connectivity index (χ3v) is 7.33. The summed E-state index contributed by atoms with van der Waals surface area (Å²) in [5.74, 6) is 1.93. The fourth-order valence-electron chi connectivity index (χ4n) is 5.15. The summed E-state index contributed by atoms with van der Waals surface area (Å²) in [6, 6.07) is 27.3. The van der Waals surface area contributed by atoms with E-state index >= 15 is 0 Å². The van der Waals surface area contributed by atoms with Crippen molar-refractivity contribution in [2.75, 3.05) is 0 Å². The molecule has 0 amide bonds. The van der Waals surface area contributed by atoms with Crippen LogP contribution >= 0.6 is 0 Å². The first-order valence-corrected chi connectivity index (χ1v) is 13.2. The highest BCUT2D eigenvalue weighted by atomic mass is 16.5. The van der Waals surface area contributed by atoms with Crippen LogP contribution in [0.25, 0.3) is 12.2 Å². The number of esters is 1. The predicted octanol–water partition coefficient (Wildman–Crippen LogP) is 8.72. The average molecular weight is 467 g/mol. The summed E-state index contributed by atoms with van der Waals surface area (Å²) in [6.45, 7) is 4.52. The molecule has 0 heterocycles. The normalized spacial score (nSPS) is 18.9. The first-order valence-electron chi connectivity index (χ1n) is 13.2. The Morgan fingerprint density at radius 2 is 1.46 bits per heavy atom. The third kappa shape index (κ3) is 7.42. The maximum atomic E-state index is 12.6. The second-order valence-corrected chi connectivity index (χ2v) is 10.1. The van der Waals surface area contributed by atoms with Crippen LogP contribution in [0.3, 0.4) is 0 Å². The van der Waals surface area contributed by atoms with Crippen molar-refractivity contribution in [2.45, 2.75) is 64.7 Å². The molecule has 3 aromatic rings. The summed E-state index contributed by atoms with van der Waals surface area (Å²) < 4.78 is 5.68. The van der Waals surface area contributed by atoms with E-state index in [0.29, 0.717) is 11.7 Å². The molecule has 0 aromatic heterocycles. The first-order chi connectivity index (χ1) is 17.1. The topological polar surface area (TPSA) is 26.3 Å². The molecule has 3 aromatic carbocycles. The van der Waals surface area contributed by atoms with Crippen molar-refractivity contribution in [2.24, 2.45) is 11.8 Å². The highest BCUT2D eigenvalue weighted by Crippen LogP contribution is 2.32. The van der Waals surface area contributed by atoms with E-state index in [0.717, 1.165) is 43.6 Å². The number of hydrogen-bond acceptors (Lipinski definition) is 2. The lowest BCUT2D eigenvalue weighted by molar-refractivity contribution is -0.140. The quantitative estimate of drug-likeness (QED) is 0.179. The Labute approximate surface area is 211 Å². The van der Waals surface area contributed by atoms with Crippen LogP contribution in [0, 0.1) is 11.8 Å². The zero-order valence-electron chi connectivity index (χ0n) is 21.2. The molecule has 1 aliphatic rings. The van der Waals surface area contributed by atoms with E-state index in [9.17, 15) is 4.79 Å². The monoisotopic (exact) mass is 466 g/mol. The van der Waals surface area contributed by atoms with Crippen LogP contribution in [0.15, 0.2) is 78.9 Å². The molecule has 1 atom stereocenters. The van der Waals surface area contributed by atoms with E-state index in [-0.39, 0.29) is 11.9 Å². The van der Waals surface area contributed by atoms with E-state index < -0.39 is 0 Å². The summed E-state index contributed by atoms with van der Waals surface area (Å²) in [5, 5.41) is 0. The summed E-state index contributed by atoms with van der Waals surface area (Å²) >= 11 is 0. The van der Waals surface area contributed by atoms with Crippen LogP contribution in [-0.4, -0.2) is 5.97 Å². The van der Waals surface area contributed by atoms with E-state index in [1.807, 2.05) is 24.3 Å². The predicted molar refractivity (Wildman–Crippen MR) is 146 cm³/mol. The lowest BCUT2D eigenvalue weighted by Gasteiger charge is -2.26. The second kappa shape index (κ2) is 12.5. The van der Waals surface area contributed by atoms with Gasteiger partial charge in [-0.15, -0.1) is 0 Å². The molecule has 4 rings (SSSR count). The molecule has 0 N–H and O–H groups in total. The molecule has 0 spiro atoms. The maximum absolute atomic E-state index is 12.6. The van der Waals surface area contributed by atoms with Crippen LogP contribution in [0.4, 0.5) is 0 Å². The molecular formula is C33H38O2. The van der Waals surface area contributed by atoms with Gasteiger partial charge in [-0.05, 0) is 78.3 Å². The third-order valence-electron chi connectivity index (χ3n) is 7.33. The standard InChI is InChI=1S/C33H38O2/c1-3-7-26-16-20-31(21-17-26)33(34)35-32-22-18-28(19-23-32)11-10-27-12-14-29(15-13-27)24-25(2)30-8-5-4-6-9-30/h4-6,8-15,18-19,22-23,25-26,31H,3,7,16-17,20-21,24H2,1-2H3/t25-,26?,31?/m1/s1. The Balaban J connectivity index is 1.26. The molecule has 1 aliphatic carbocycles. The molecule has 0 radical (unpaired) electrons. The van der Waals surface area contributed by atoms with Gasteiger partial charge in [-0.25, -0.2) is 0 Å². The van der Waals surface area contributed by atoms with Gasteiger partial charge in [0.25, 0.3) is 0 Å². The van der Waals surface area contributed by atoms with Crippen LogP contribution in [0.5, 0.6) is 5.75 Å². The molecule has 2 heteroatoms. The van der Waals surface area contributed by atoms with Crippen molar-refractivity contribution in [3.63, 3.8) is 0 Å². The lowest BCUT2D eigenvalue weighted by Crippen LogP contribution is -2.25. The molecule has 0 saturated heterocycles. The Morgan fingerprint density at radius 1 is 0.857 bits per heavy atom. The van der Waals surface area contributed by atoms with Crippen LogP contribution < -0.4 is 4.74 Å². The summed E-state index contributed by atoms with van der Waals surface area (Å²) in [7, 11) is 0. The smallest absolute Gasteiger partial charge is 0.314 e. The summed E-state index contributed by atoms with van der Waals surface area (Å²) in [5.41, 5.74) is 5.00. The van der Waals surface area contributed by atoms with Crippen molar-refractivity contribution in [3.05, 3.63) is 101 Å². The fraction of sp³-hybridized carbons (Fsp3) is 0.364. The molecular weight excluding hydrogens is 428 g/mol. The SMILES string of the molecule is CCCC1CCC(C(=O)Oc2ccc(C=Cc3ccc(C[C@@H](C)c4ccccc4)cc3)cc2)CC1. The van der Waals surface area contributed by atoms with E-state index in [1.165, 1.54) is 29.5 Å². The number of carbonyl (C=O) groups excluding carboxylic acids is 1. The minimum absolute atomic E-state index is 0.0568. The zero-order chi connectivity index (χ0) is 24.5. The highest BCUT2D eigenvalue weighted by molar-refractivity contribution is 5.75. The lowest BCUT2D eigenvalue weighted by atomic mass is 9.80. The number of carbonyl (C=O) groups is 1. The van der Waals surface area contributed by atoms with Gasteiger partial charge in [-0.2, -0.15) is 0 Å². The van der Waals surface area contributed by atoms with Gasteiger partial charge in [0.05, 0.1) is 5.92 Å². The van der Waals surface area contributed by atoms with Gasteiger partial charge in [0.2, 0.25) is 0 Å². The largest absolute Gasteiger partial charge is 0.426 e. The minimum Gasteiger partial charge on any atom is -0.426 e. The molecule has 35 heavy (non-hydrogen) atoms. The highest BCUT2D eigenvalue weighted by Gasteiger charge is 2.27. The second-order valence-electron chi connectivity index (χ2n) is 10.1. The Hall–Kier alpha value is -3.13.